The van der Waals surface area contributed by atoms with Crippen molar-refractivity contribution in [2.45, 2.75) is 6.42 Å². The Morgan fingerprint density at radius 1 is 1.00 bits per heavy atom. The third-order valence-electron chi connectivity index (χ3n) is 2.70. The van der Waals surface area contributed by atoms with E-state index in [1.807, 2.05) is 30.3 Å². The van der Waals surface area contributed by atoms with E-state index in [0.29, 0.717) is 15.2 Å². The zero-order valence-electron chi connectivity index (χ0n) is 11.4. The lowest BCUT2D eigenvalue weighted by Gasteiger charge is -2.11. The molecule has 0 unspecified atom stereocenters. The summed E-state index contributed by atoms with van der Waals surface area (Å²) in [5.41, 5.74) is 6.75. The van der Waals surface area contributed by atoms with Crippen molar-refractivity contribution < 1.29 is 4.79 Å². The molecule has 2 aromatic carbocycles. The maximum atomic E-state index is 11.8. The summed E-state index contributed by atoms with van der Waals surface area (Å²) in [7, 11) is 0. The quantitative estimate of drug-likeness (QED) is 0.583. The summed E-state index contributed by atoms with van der Waals surface area (Å²) in [6.07, 6.45) is 0.165. The second-order valence-electron chi connectivity index (χ2n) is 4.42. The summed E-state index contributed by atoms with van der Waals surface area (Å²) < 4.78 is 0. The first-order chi connectivity index (χ1) is 10.5. The van der Waals surface area contributed by atoms with Gasteiger partial charge in [-0.2, -0.15) is 0 Å². The lowest BCUT2D eigenvalue weighted by atomic mass is 10.1. The Kier molecular flexibility index (Phi) is 6.00. The monoisotopic (exact) mass is 353 g/mol. The summed E-state index contributed by atoms with van der Waals surface area (Å²) in [6.45, 7) is 0. The van der Waals surface area contributed by atoms with Crippen molar-refractivity contribution in [3.05, 3.63) is 64.1 Å². The van der Waals surface area contributed by atoms with E-state index in [1.54, 1.807) is 18.2 Å². The van der Waals surface area contributed by atoms with E-state index in [2.05, 4.69) is 16.2 Å². The molecule has 0 saturated heterocycles. The highest BCUT2D eigenvalue weighted by atomic mass is 35.5. The molecular weight excluding hydrogens is 341 g/mol. The van der Waals surface area contributed by atoms with Gasteiger partial charge in [-0.05, 0) is 42.0 Å². The molecule has 0 heterocycles. The van der Waals surface area contributed by atoms with Gasteiger partial charge in [-0.25, -0.2) is 0 Å². The number of amides is 1. The predicted octanol–water partition coefficient (Wildman–Crippen LogP) is 3.55. The Morgan fingerprint density at radius 2 is 1.73 bits per heavy atom. The van der Waals surface area contributed by atoms with Gasteiger partial charge < -0.3 is 5.32 Å². The number of halogens is 2. The lowest BCUT2D eigenvalue weighted by molar-refractivity contribution is -0.120. The van der Waals surface area contributed by atoms with E-state index in [9.17, 15) is 4.79 Å². The minimum Gasteiger partial charge on any atom is -0.331 e. The molecule has 0 aliphatic carbocycles. The number of carbonyl (C=O) groups excluding carboxylic acids is 1. The van der Waals surface area contributed by atoms with Crippen LogP contribution in [-0.2, 0) is 11.2 Å². The molecule has 0 aliphatic rings. The number of hydrogen-bond donors (Lipinski definition) is 3. The van der Waals surface area contributed by atoms with E-state index in [1.165, 1.54) is 0 Å². The van der Waals surface area contributed by atoms with Crippen molar-refractivity contribution in [2.24, 2.45) is 0 Å². The summed E-state index contributed by atoms with van der Waals surface area (Å²) >= 11 is 16.8. The number of para-hydroxylation sites is 1. The summed E-state index contributed by atoms with van der Waals surface area (Å²) in [5.74, 6) is -0.240. The molecule has 22 heavy (non-hydrogen) atoms. The van der Waals surface area contributed by atoms with Gasteiger partial charge in [0.1, 0.15) is 0 Å². The number of hydrogen-bond acceptors (Lipinski definition) is 2. The van der Waals surface area contributed by atoms with Crippen molar-refractivity contribution in [3.8, 4) is 0 Å². The van der Waals surface area contributed by atoms with E-state index in [0.717, 1.165) is 11.3 Å². The second-order valence-corrected chi connectivity index (χ2v) is 5.64. The van der Waals surface area contributed by atoms with Crippen LogP contribution in [0.5, 0.6) is 0 Å². The van der Waals surface area contributed by atoms with Crippen molar-refractivity contribution in [2.75, 3.05) is 5.32 Å². The van der Waals surface area contributed by atoms with E-state index < -0.39 is 0 Å². The van der Waals surface area contributed by atoms with Crippen LogP contribution in [0.4, 0.5) is 5.69 Å². The van der Waals surface area contributed by atoms with Crippen molar-refractivity contribution in [1.29, 1.82) is 0 Å². The van der Waals surface area contributed by atoms with Crippen LogP contribution >= 0.6 is 35.4 Å². The highest BCUT2D eigenvalue weighted by Crippen LogP contribution is 2.22. The van der Waals surface area contributed by atoms with Gasteiger partial charge in [0.05, 0.1) is 16.5 Å². The lowest BCUT2D eigenvalue weighted by Crippen LogP contribution is -2.44. The third kappa shape index (κ3) is 5.18. The molecule has 0 radical (unpaired) electrons. The normalized spacial score (nSPS) is 9.91. The molecule has 3 N–H and O–H groups in total. The first kappa shape index (κ1) is 16.5. The highest BCUT2D eigenvalue weighted by molar-refractivity contribution is 7.80. The van der Waals surface area contributed by atoms with Gasteiger partial charge in [0, 0.05) is 5.69 Å². The van der Waals surface area contributed by atoms with E-state index in [4.69, 9.17) is 35.4 Å². The predicted molar refractivity (Wildman–Crippen MR) is 94.1 cm³/mol. The van der Waals surface area contributed by atoms with Gasteiger partial charge in [0.2, 0.25) is 5.91 Å². The molecule has 0 bridgehead atoms. The van der Waals surface area contributed by atoms with Gasteiger partial charge in [-0.15, -0.1) is 0 Å². The van der Waals surface area contributed by atoms with Crippen LogP contribution in [-0.4, -0.2) is 11.0 Å². The first-order valence-corrected chi connectivity index (χ1v) is 7.56. The van der Waals surface area contributed by atoms with Crippen molar-refractivity contribution in [3.63, 3.8) is 0 Å². The number of hydrazine groups is 1. The standard InChI is InChI=1S/C15H13Cl2N3OS/c16-12-7-6-10(8-13(12)17)9-14(21)19-20-15(22)18-11-4-2-1-3-5-11/h1-8H,9H2,(H,19,21)(H2,18,20,22). The van der Waals surface area contributed by atoms with Crippen LogP contribution in [0.1, 0.15) is 5.56 Å². The van der Waals surface area contributed by atoms with E-state index in [-0.39, 0.29) is 12.3 Å². The fourth-order valence-electron chi connectivity index (χ4n) is 1.69. The Balaban J connectivity index is 1.80. The largest absolute Gasteiger partial charge is 0.331 e. The number of anilines is 1. The molecule has 0 spiro atoms. The minimum atomic E-state index is -0.240. The number of benzene rings is 2. The average molecular weight is 354 g/mol. The number of rotatable bonds is 3. The molecule has 2 rings (SSSR count). The molecule has 114 valence electrons. The average Bonchev–Trinajstić information content (AvgIpc) is 2.50. The van der Waals surface area contributed by atoms with Gasteiger partial charge in [-0.1, -0.05) is 47.5 Å². The maximum absolute atomic E-state index is 11.8. The molecule has 0 aliphatic heterocycles. The van der Waals surface area contributed by atoms with Crippen molar-refractivity contribution in [1.82, 2.24) is 10.9 Å². The molecule has 0 aromatic heterocycles. The molecule has 2 aromatic rings. The van der Waals surface area contributed by atoms with Crippen LogP contribution in [0.3, 0.4) is 0 Å². The fraction of sp³-hybridized carbons (Fsp3) is 0.0667. The molecule has 7 heteroatoms. The number of thiocarbonyl (C=S) groups is 1. The molecule has 4 nitrogen and oxygen atoms in total. The molecule has 0 saturated carbocycles. The van der Waals surface area contributed by atoms with Gasteiger partial charge >= 0.3 is 0 Å². The Bertz CT molecular complexity index is 680. The number of nitrogens with one attached hydrogen (secondary N) is 3. The van der Waals surface area contributed by atoms with Crippen LogP contribution in [0.2, 0.25) is 10.0 Å². The van der Waals surface area contributed by atoms with Gasteiger partial charge in [0.25, 0.3) is 0 Å². The zero-order chi connectivity index (χ0) is 15.9. The van der Waals surface area contributed by atoms with Crippen LogP contribution < -0.4 is 16.2 Å². The van der Waals surface area contributed by atoms with Crippen LogP contribution in [0, 0.1) is 0 Å². The van der Waals surface area contributed by atoms with Gasteiger partial charge in [-0.3, -0.25) is 15.6 Å². The number of carbonyl (C=O) groups is 1. The molecule has 0 atom stereocenters. The maximum Gasteiger partial charge on any atom is 0.242 e. The SMILES string of the molecule is O=C(Cc1ccc(Cl)c(Cl)c1)NNC(=S)Nc1ccccc1. The van der Waals surface area contributed by atoms with Gasteiger partial charge in [0.15, 0.2) is 5.11 Å². The topological polar surface area (TPSA) is 53.2 Å². The Morgan fingerprint density at radius 3 is 2.41 bits per heavy atom. The van der Waals surface area contributed by atoms with Crippen molar-refractivity contribution >= 4 is 52.1 Å². The zero-order valence-corrected chi connectivity index (χ0v) is 13.7. The van der Waals surface area contributed by atoms with Crippen LogP contribution in [0.25, 0.3) is 0 Å². The fourth-order valence-corrected chi connectivity index (χ4v) is 2.18. The summed E-state index contributed by atoms with van der Waals surface area (Å²) in [4.78, 5) is 11.8. The smallest absolute Gasteiger partial charge is 0.242 e. The third-order valence-corrected chi connectivity index (χ3v) is 3.64. The first-order valence-electron chi connectivity index (χ1n) is 6.39. The minimum absolute atomic E-state index is 0.165. The summed E-state index contributed by atoms with van der Waals surface area (Å²) in [5, 5.41) is 4.12. The van der Waals surface area contributed by atoms with Crippen LogP contribution in [0.15, 0.2) is 48.5 Å². The Hall–Kier alpha value is -1.82. The molecular formula is C15H13Cl2N3OS. The Labute approximate surface area is 143 Å². The molecule has 1 amide bonds. The van der Waals surface area contributed by atoms with E-state index >= 15 is 0 Å². The second kappa shape index (κ2) is 7.98. The molecule has 0 fully saturated rings. The highest BCUT2D eigenvalue weighted by Gasteiger charge is 2.06. The summed E-state index contributed by atoms with van der Waals surface area (Å²) in [6, 6.07) is 14.5.